The van der Waals surface area contributed by atoms with Gasteiger partial charge < -0.3 is 15.4 Å². The summed E-state index contributed by atoms with van der Waals surface area (Å²) in [6.45, 7) is 6.05. The van der Waals surface area contributed by atoms with Gasteiger partial charge in [0.05, 0.1) is 17.9 Å². The van der Waals surface area contributed by atoms with Crippen LogP contribution in [-0.4, -0.2) is 34.8 Å². The Balaban J connectivity index is 1.68. The minimum Gasteiger partial charge on any atom is -0.462 e. The molecule has 0 unspecified atom stereocenters. The maximum Gasteiger partial charge on any atom is 0.338 e. The molecule has 1 atom stereocenters. The zero-order chi connectivity index (χ0) is 21.7. The Morgan fingerprint density at radius 1 is 1.17 bits per heavy atom. The Labute approximate surface area is 179 Å². The Bertz CT molecular complexity index is 1000. The van der Waals surface area contributed by atoms with Gasteiger partial charge in [0.15, 0.2) is 5.17 Å². The van der Waals surface area contributed by atoms with Gasteiger partial charge in [-0.15, -0.1) is 0 Å². The average molecular weight is 426 g/mol. The first-order chi connectivity index (χ1) is 14.4. The van der Waals surface area contributed by atoms with Gasteiger partial charge in [0.2, 0.25) is 11.8 Å². The molecule has 1 aliphatic rings. The second-order valence-corrected chi connectivity index (χ2v) is 8.02. The topological polar surface area (TPSA) is 96.9 Å². The van der Waals surface area contributed by atoms with Crippen molar-refractivity contribution in [2.75, 3.05) is 11.9 Å². The number of carbonyl (C=O) groups excluding carboxylic acids is 3. The highest BCUT2D eigenvalue weighted by Crippen LogP contribution is 2.26. The second kappa shape index (κ2) is 9.58. The normalized spacial score (nSPS) is 17.4. The van der Waals surface area contributed by atoms with Crippen molar-refractivity contribution in [2.45, 2.75) is 32.4 Å². The van der Waals surface area contributed by atoms with Crippen molar-refractivity contribution in [2.24, 2.45) is 4.99 Å². The van der Waals surface area contributed by atoms with Crippen molar-refractivity contribution in [3.63, 3.8) is 0 Å². The number of ether oxygens (including phenoxy) is 1. The first-order valence-electron chi connectivity index (χ1n) is 9.56. The first kappa shape index (κ1) is 21.6. The van der Waals surface area contributed by atoms with Crippen LogP contribution in [0, 0.1) is 13.8 Å². The van der Waals surface area contributed by atoms with Crippen LogP contribution < -0.4 is 10.6 Å². The van der Waals surface area contributed by atoms with Crippen LogP contribution in [0.5, 0.6) is 0 Å². The van der Waals surface area contributed by atoms with Crippen molar-refractivity contribution in [1.82, 2.24) is 5.32 Å². The molecule has 1 fully saturated rings. The molecule has 1 heterocycles. The van der Waals surface area contributed by atoms with E-state index in [-0.39, 0.29) is 18.2 Å². The number of aryl methyl sites for hydroxylation is 2. The number of benzene rings is 2. The average Bonchev–Trinajstić information content (AvgIpc) is 2.71. The van der Waals surface area contributed by atoms with Crippen LogP contribution in [0.3, 0.4) is 0 Å². The van der Waals surface area contributed by atoms with Crippen LogP contribution in [0.2, 0.25) is 0 Å². The van der Waals surface area contributed by atoms with E-state index in [0.717, 1.165) is 16.8 Å². The quantitative estimate of drug-likeness (QED) is 0.712. The molecule has 8 heteroatoms. The standard InChI is InChI=1S/C22H23N3O4S/c1-4-29-21(28)15-6-9-16(10-7-15)23-20(27)18-12-19(26)25-22(30-18)24-17-8-5-13(2)14(3)11-17/h5-11,18H,4,12H2,1-3H3,(H,23,27)(H,24,25,26)/t18-/m0/s1. The number of carbonyl (C=O) groups is 3. The summed E-state index contributed by atoms with van der Waals surface area (Å²) in [6, 6.07) is 12.2. The van der Waals surface area contributed by atoms with E-state index < -0.39 is 11.2 Å². The fourth-order valence-corrected chi connectivity index (χ4v) is 3.79. The summed E-state index contributed by atoms with van der Waals surface area (Å²) in [4.78, 5) is 41.0. The van der Waals surface area contributed by atoms with E-state index in [4.69, 9.17) is 4.74 Å². The number of rotatable bonds is 5. The monoisotopic (exact) mass is 425 g/mol. The number of nitrogens with one attached hydrogen (secondary N) is 2. The van der Waals surface area contributed by atoms with Gasteiger partial charge in [-0.3, -0.25) is 9.59 Å². The third-order valence-corrected chi connectivity index (χ3v) is 5.63. The molecule has 0 spiro atoms. The largest absolute Gasteiger partial charge is 0.462 e. The third-order valence-electron chi connectivity index (χ3n) is 4.55. The molecule has 2 aromatic carbocycles. The number of thioether (sulfide) groups is 1. The van der Waals surface area contributed by atoms with Crippen molar-refractivity contribution in [3.8, 4) is 0 Å². The lowest BCUT2D eigenvalue weighted by Crippen LogP contribution is -2.41. The van der Waals surface area contributed by atoms with E-state index in [2.05, 4.69) is 15.6 Å². The fraction of sp³-hybridized carbons (Fsp3) is 0.273. The van der Waals surface area contributed by atoms with Crippen molar-refractivity contribution in [1.29, 1.82) is 0 Å². The van der Waals surface area contributed by atoms with E-state index in [0.29, 0.717) is 23.0 Å². The lowest BCUT2D eigenvalue weighted by Gasteiger charge is -2.22. The molecule has 0 bridgehead atoms. The highest BCUT2D eigenvalue weighted by Gasteiger charge is 2.30. The molecule has 2 N–H and O–H groups in total. The highest BCUT2D eigenvalue weighted by molar-refractivity contribution is 8.15. The predicted molar refractivity (Wildman–Crippen MR) is 118 cm³/mol. The molecule has 0 aromatic heterocycles. The van der Waals surface area contributed by atoms with Gasteiger partial charge in [0.1, 0.15) is 5.25 Å². The molecule has 30 heavy (non-hydrogen) atoms. The molecule has 156 valence electrons. The Morgan fingerprint density at radius 2 is 1.90 bits per heavy atom. The Kier molecular flexibility index (Phi) is 6.89. The lowest BCUT2D eigenvalue weighted by molar-refractivity contribution is -0.123. The summed E-state index contributed by atoms with van der Waals surface area (Å²) in [7, 11) is 0. The minimum absolute atomic E-state index is 0.0589. The molecule has 0 aliphatic carbocycles. The van der Waals surface area contributed by atoms with Gasteiger partial charge in [-0.2, -0.15) is 0 Å². The maximum absolute atomic E-state index is 12.7. The van der Waals surface area contributed by atoms with E-state index in [9.17, 15) is 14.4 Å². The zero-order valence-corrected chi connectivity index (χ0v) is 17.8. The fourth-order valence-electron chi connectivity index (χ4n) is 2.78. The smallest absolute Gasteiger partial charge is 0.338 e. The van der Waals surface area contributed by atoms with Crippen LogP contribution in [0.4, 0.5) is 11.4 Å². The van der Waals surface area contributed by atoms with E-state index in [1.54, 1.807) is 31.2 Å². The van der Waals surface area contributed by atoms with E-state index in [1.807, 2.05) is 32.0 Å². The summed E-state index contributed by atoms with van der Waals surface area (Å²) in [5.74, 6) is -0.970. The molecule has 3 rings (SSSR count). The Morgan fingerprint density at radius 3 is 2.57 bits per heavy atom. The van der Waals surface area contributed by atoms with Crippen molar-refractivity contribution >= 4 is 46.1 Å². The molecule has 0 saturated carbocycles. The van der Waals surface area contributed by atoms with Gasteiger partial charge in [0, 0.05) is 12.1 Å². The molecule has 0 radical (unpaired) electrons. The van der Waals surface area contributed by atoms with Crippen LogP contribution in [0.1, 0.15) is 34.8 Å². The van der Waals surface area contributed by atoms with E-state index >= 15 is 0 Å². The van der Waals surface area contributed by atoms with E-state index in [1.165, 1.54) is 11.8 Å². The summed E-state index contributed by atoms with van der Waals surface area (Å²) in [5, 5.41) is 5.30. The maximum atomic E-state index is 12.7. The van der Waals surface area contributed by atoms with Gasteiger partial charge in [-0.1, -0.05) is 17.8 Å². The second-order valence-electron chi connectivity index (χ2n) is 6.83. The number of aliphatic imine (C=N–C) groups is 1. The number of amidine groups is 1. The molecule has 1 saturated heterocycles. The van der Waals surface area contributed by atoms with Crippen LogP contribution in [0.25, 0.3) is 0 Å². The number of esters is 1. The van der Waals surface area contributed by atoms with Crippen LogP contribution in [0.15, 0.2) is 47.5 Å². The lowest BCUT2D eigenvalue weighted by atomic mass is 10.1. The molecule has 1 aliphatic heterocycles. The number of nitrogens with zero attached hydrogens (tertiary/aromatic N) is 1. The molecular weight excluding hydrogens is 402 g/mol. The van der Waals surface area contributed by atoms with Crippen molar-refractivity contribution in [3.05, 3.63) is 59.2 Å². The summed E-state index contributed by atoms with van der Waals surface area (Å²) >= 11 is 1.21. The SMILES string of the molecule is CCOC(=O)c1ccc(NC(=O)[C@@H]2CC(=O)NC(=Nc3ccc(C)c(C)c3)S2)cc1. The molecular formula is C22H23N3O4S. The Hall–Kier alpha value is -3.13. The molecule has 2 aromatic rings. The van der Waals surface area contributed by atoms with Crippen LogP contribution >= 0.6 is 11.8 Å². The summed E-state index contributed by atoms with van der Waals surface area (Å²) in [6.07, 6.45) is 0.0589. The van der Waals surface area contributed by atoms with Gasteiger partial charge in [-0.25, -0.2) is 9.79 Å². The summed E-state index contributed by atoms with van der Waals surface area (Å²) in [5.41, 5.74) is 3.92. The third kappa shape index (κ3) is 5.48. The number of amides is 2. The first-order valence-corrected chi connectivity index (χ1v) is 10.4. The van der Waals surface area contributed by atoms with Gasteiger partial charge in [0.25, 0.3) is 0 Å². The molecule has 7 nitrogen and oxygen atoms in total. The minimum atomic E-state index is -0.603. The van der Waals surface area contributed by atoms with Gasteiger partial charge in [-0.05, 0) is 68.3 Å². The zero-order valence-electron chi connectivity index (χ0n) is 17.0. The molecule has 2 amide bonds. The van der Waals surface area contributed by atoms with Gasteiger partial charge >= 0.3 is 5.97 Å². The van der Waals surface area contributed by atoms with Crippen molar-refractivity contribution < 1.29 is 19.1 Å². The predicted octanol–water partition coefficient (Wildman–Crippen LogP) is 3.73. The number of hydrogen-bond donors (Lipinski definition) is 2. The van der Waals surface area contributed by atoms with Crippen LogP contribution in [-0.2, 0) is 14.3 Å². The summed E-state index contributed by atoms with van der Waals surface area (Å²) < 4.78 is 4.94. The number of anilines is 1. The number of hydrogen-bond acceptors (Lipinski definition) is 6. The highest BCUT2D eigenvalue weighted by atomic mass is 32.2.